The van der Waals surface area contributed by atoms with Crippen LogP contribution in [0.1, 0.15) is 91.5 Å². The molecule has 16 nitrogen and oxygen atoms in total. The number of hydrogen-bond acceptors (Lipinski definition) is 16. The first kappa shape index (κ1) is 56.0. The van der Waals surface area contributed by atoms with Crippen LogP contribution in [0.2, 0.25) is 0 Å². The van der Waals surface area contributed by atoms with Gasteiger partial charge in [0, 0.05) is 12.4 Å². The van der Waals surface area contributed by atoms with Crippen molar-refractivity contribution in [1.29, 1.82) is 0 Å². The summed E-state index contributed by atoms with van der Waals surface area (Å²) in [5.74, 6) is -0.253. The van der Waals surface area contributed by atoms with E-state index in [1.54, 1.807) is 50.2 Å². The third kappa shape index (κ3) is 15.0. The van der Waals surface area contributed by atoms with Crippen LogP contribution in [-0.2, 0) is 73.4 Å². The largest absolute Gasteiger partial charge is 2.00 e. The second kappa shape index (κ2) is 25.3. The zero-order chi connectivity index (χ0) is 43.5. The summed E-state index contributed by atoms with van der Waals surface area (Å²) in [6, 6.07) is 10.5. The SMILES string of the molecule is CCN.CCN.C[C@@H]1OC[C@H]2O[C@@H](/N=C/c3cccc(C(C)(C)C)c3[O-])[C@H]([O-])[C@@H](O)[C@@H]2O1.C[C@@H]1OC[C@H]2O[C@@H](/N=C/c3cccc(C(C)(C)C)c3[O-])[C@H]([O-])[C@@H](O)[C@@H]2O1.[Cu+2].[Cu+2]. The Morgan fingerprint density at radius 3 is 1.27 bits per heavy atom. The van der Waals surface area contributed by atoms with E-state index in [4.69, 9.17) is 39.9 Å². The minimum atomic E-state index is -1.50. The molecule has 4 heterocycles. The fourth-order valence-corrected chi connectivity index (χ4v) is 6.45. The molecule has 6 N–H and O–H groups in total. The molecule has 18 heteroatoms. The van der Waals surface area contributed by atoms with Crippen LogP contribution in [-0.4, -0.2) is 123 Å². The van der Waals surface area contributed by atoms with E-state index in [0.717, 1.165) is 13.1 Å². The van der Waals surface area contributed by atoms with Gasteiger partial charge in [-0.3, -0.25) is 9.98 Å². The molecule has 0 saturated carbocycles. The van der Waals surface area contributed by atoms with Gasteiger partial charge in [0.15, 0.2) is 12.6 Å². The minimum Gasteiger partial charge on any atom is -0.872 e. The number of ether oxygens (including phenoxy) is 6. The average molecular weight is 944 g/mol. The number of nitrogens with two attached hydrogens (primary N) is 2. The van der Waals surface area contributed by atoms with E-state index < -0.39 is 73.9 Å². The van der Waals surface area contributed by atoms with Crippen molar-refractivity contribution in [2.24, 2.45) is 21.5 Å². The van der Waals surface area contributed by atoms with E-state index in [2.05, 4.69) is 9.98 Å². The van der Waals surface area contributed by atoms with Gasteiger partial charge >= 0.3 is 34.1 Å². The molecule has 12 atom stereocenters. The minimum absolute atomic E-state index is 0. The molecule has 2 aromatic carbocycles. The number of fused-ring (bicyclic) bond motifs is 2. The van der Waals surface area contributed by atoms with Crippen molar-refractivity contribution in [3.8, 4) is 11.5 Å². The average Bonchev–Trinajstić information content (AvgIpc) is 3.15. The van der Waals surface area contributed by atoms with Crippen molar-refractivity contribution < 1.29 is 93.2 Å². The quantitative estimate of drug-likeness (QED) is 0.233. The molecule has 0 bridgehead atoms. The zero-order valence-corrected chi connectivity index (χ0v) is 37.9. The van der Waals surface area contributed by atoms with E-state index in [9.17, 15) is 30.6 Å². The van der Waals surface area contributed by atoms with Gasteiger partial charge in [0.1, 0.15) is 36.9 Å². The van der Waals surface area contributed by atoms with Gasteiger partial charge in [-0.05, 0) is 72.2 Å². The standard InChI is InChI=1S/2C19H26NO6.2C2H7N.2Cu/c2*1-10-24-9-13-17(25-10)15(22)16(23)18(26-13)20-8-11-6-5-7-12(14(11)21)19(2,3)4;2*1-2-3;;/h2*5-8,10,13,15-18,21-22H,9H2,1-4H3;2*2-3H2,1H3;;/q2*-1;;;2*+2/p-2/b2*20-8+;;;;/t2*10-,13-,15-,16-,17-,18-;;;;/m11..../s1. The number of aliphatic imine (C=N–C) groups is 2. The predicted molar refractivity (Wildman–Crippen MR) is 211 cm³/mol. The van der Waals surface area contributed by atoms with Gasteiger partial charge in [0.25, 0.3) is 0 Å². The summed E-state index contributed by atoms with van der Waals surface area (Å²) in [6.45, 7) is 20.9. The van der Waals surface area contributed by atoms with Gasteiger partial charge in [0.05, 0.1) is 25.4 Å². The van der Waals surface area contributed by atoms with Gasteiger partial charge in [-0.15, -0.1) is 0 Å². The van der Waals surface area contributed by atoms with Crippen molar-refractivity contribution >= 4 is 12.4 Å². The van der Waals surface area contributed by atoms with E-state index in [0.29, 0.717) is 22.3 Å². The number of nitrogens with zero attached hydrogens (tertiary/aromatic N) is 2. The van der Waals surface area contributed by atoms with Crippen LogP contribution in [0.4, 0.5) is 0 Å². The molecule has 2 radical (unpaired) electrons. The van der Waals surface area contributed by atoms with Crippen LogP contribution < -0.4 is 31.9 Å². The number of rotatable bonds is 4. The van der Waals surface area contributed by atoms with E-state index in [1.807, 2.05) is 55.4 Å². The number of benzene rings is 2. The Morgan fingerprint density at radius 2 is 0.967 bits per heavy atom. The Labute approximate surface area is 376 Å². The van der Waals surface area contributed by atoms with Crippen LogP contribution >= 0.6 is 0 Å². The molecular formula is C42H64Cu2N4O12. The summed E-state index contributed by atoms with van der Waals surface area (Å²) in [6.07, 6.45) is -8.60. The maximum absolute atomic E-state index is 12.6. The van der Waals surface area contributed by atoms with E-state index in [-0.39, 0.29) is 69.7 Å². The van der Waals surface area contributed by atoms with Gasteiger partial charge in [-0.25, -0.2) is 0 Å². The van der Waals surface area contributed by atoms with E-state index in [1.165, 1.54) is 12.4 Å². The molecular weight excluding hydrogens is 880 g/mol. The Bertz CT molecular complexity index is 1510. The molecule has 0 unspecified atom stereocenters. The number of aliphatic hydroxyl groups is 2. The van der Waals surface area contributed by atoms with Crippen molar-refractivity contribution in [2.45, 2.75) is 154 Å². The van der Waals surface area contributed by atoms with Crippen molar-refractivity contribution in [3.05, 3.63) is 58.7 Å². The summed E-state index contributed by atoms with van der Waals surface area (Å²) >= 11 is 0. The monoisotopic (exact) mass is 942 g/mol. The Hall–Kier alpha value is -2.06. The third-order valence-corrected chi connectivity index (χ3v) is 9.39. The molecule has 4 fully saturated rings. The molecule has 60 heavy (non-hydrogen) atoms. The zero-order valence-electron chi connectivity index (χ0n) is 36.0. The smallest absolute Gasteiger partial charge is 0.872 e. The Kier molecular flexibility index (Phi) is 23.6. The second-order valence-electron chi connectivity index (χ2n) is 16.4. The molecule has 0 aliphatic carbocycles. The molecule has 0 spiro atoms. The topological polar surface area (TPSA) is 265 Å². The van der Waals surface area contributed by atoms with Crippen LogP contribution in [0.5, 0.6) is 11.5 Å². The molecule has 4 saturated heterocycles. The van der Waals surface area contributed by atoms with Gasteiger partial charge in [-0.1, -0.05) is 103 Å². The van der Waals surface area contributed by atoms with Crippen LogP contribution in [0.3, 0.4) is 0 Å². The number of hydrogen-bond donors (Lipinski definition) is 4. The molecule has 0 amide bonds. The first-order valence-corrected chi connectivity index (χ1v) is 19.8. The predicted octanol–water partition coefficient (Wildman–Crippen LogP) is 0.0304. The van der Waals surface area contributed by atoms with Crippen molar-refractivity contribution in [1.82, 2.24) is 0 Å². The molecule has 346 valence electrons. The fraction of sp³-hybridized carbons (Fsp3) is 0.667. The van der Waals surface area contributed by atoms with Crippen LogP contribution in [0.15, 0.2) is 46.4 Å². The molecule has 4 aliphatic rings. The maximum Gasteiger partial charge on any atom is 2.00 e. The fourth-order valence-electron chi connectivity index (χ4n) is 6.45. The summed E-state index contributed by atoms with van der Waals surface area (Å²) in [5.41, 5.74) is 11.2. The molecule has 6 rings (SSSR count). The first-order chi connectivity index (χ1) is 27.2. The van der Waals surface area contributed by atoms with Crippen LogP contribution in [0.25, 0.3) is 0 Å². The number of para-hydroxylation sites is 2. The van der Waals surface area contributed by atoms with E-state index >= 15 is 0 Å². The molecule has 2 aromatic rings. The maximum atomic E-state index is 12.6. The normalized spacial score (nSPS) is 31.3. The van der Waals surface area contributed by atoms with Crippen LogP contribution in [0, 0.1) is 0 Å². The summed E-state index contributed by atoms with van der Waals surface area (Å²) in [5, 5.41) is 70.5. The molecule has 4 aliphatic heterocycles. The summed E-state index contributed by atoms with van der Waals surface area (Å²) in [4.78, 5) is 8.30. The second-order valence-corrected chi connectivity index (χ2v) is 16.4. The third-order valence-electron chi connectivity index (χ3n) is 9.39. The van der Waals surface area contributed by atoms with Crippen molar-refractivity contribution in [3.63, 3.8) is 0 Å². The van der Waals surface area contributed by atoms with Gasteiger partial charge < -0.3 is 70.5 Å². The van der Waals surface area contributed by atoms with Crippen molar-refractivity contribution in [2.75, 3.05) is 26.3 Å². The number of aliphatic hydroxyl groups excluding tert-OH is 2. The first-order valence-electron chi connectivity index (χ1n) is 19.8. The molecule has 0 aromatic heterocycles. The van der Waals surface area contributed by atoms with Gasteiger partial charge in [0.2, 0.25) is 0 Å². The van der Waals surface area contributed by atoms with Gasteiger partial charge in [-0.2, -0.15) is 0 Å². The Morgan fingerprint density at radius 1 is 0.650 bits per heavy atom. The Balaban J connectivity index is 0.000000515. The summed E-state index contributed by atoms with van der Waals surface area (Å²) < 4.78 is 32.9. The summed E-state index contributed by atoms with van der Waals surface area (Å²) in [7, 11) is 0.